The molecule has 1 aliphatic heterocycles. The molecule has 0 bridgehead atoms. The zero-order valence-electron chi connectivity index (χ0n) is 18.9. The molecule has 1 heterocycles. The Labute approximate surface area is 185 Å². The average Bonchev–Trinajstić information content (AvgIpc) is 2.76. The molecule has 2 aliphatic rings. The molecule has 2 aromatic rings. The Balaban J connectivity index is 1.57. The number of hydrogen-bond acceptors (Lipinski definition) is 4. The van der Waals surface area contributed by atoms with Gasteiger partial charge in [-0.2, -0.15) is 0 Å². The number of likely N-dealkylation sites (tertiary alicyclic amines) is 1. The Kier molecular flexibility index (Phi) is 6.35. The van der Waals surface area contributed by atoms with Crippen molar-refractivity contribution < 1.29 is 14.6 Å². The number of anilines is 1. The van der Waals surface area contributed by atoms with Gasteiger partial charge >= 0.3 is 0 Å². The lowest BCUT2D eigenvalue weighted by molar-refractivity contribution is -0.135. The van der Waals surface area contributed by atoms with Crippen molar-refractivity contribution in [3.63, 3.8) is 0 Å². The van der Waals surface area contributed by atoms with Crippen LogP contribution in [-0.4, -0.2) is 41.7 Å². The predicted molar refractivity (Wildman–Crippen MR) is 123 cm³/mol. The van der Waals surface area contributed by atoms with E-state index in [1.165, 1.54) is 5.56 Å². The average molecular weight is 423 g/mol. The number of hydrogen-bond donors (Lipinski definition) is 2. The fourth-order valence-corrected chi connectivity index (χ4v) is 5.49. The summed E-state index contributed by atoms with van der Waals surface area (Å²) in [5, 5.41) is 14.5. The van der Waals surface area contributed by atoms with Gasteiger partial charge in [-0.3, -0.25) is 9.69 Å². The highest BCUT2D eigenvalue weighted by molar-refractivity contribution is 5.93. The van der Waals surface area contributed by atoms with Gasteiger partial charge in [-0.15, -0.1) is 0 Å². The number of ether oxygens (including phenoxy) is 1. The summed E-state index contributed by atoms with van der Waals surface area (Å²) >= 11 is 0. The minimum atomic E-state index is -0.636. The van der Waals surface area contributed by atoms with Gasteiger partial charge in [0.15, 0.2) is 0 Å². The van der Waals surface area contributed by atoms with Gasteiger partial charge in [-0.05, 0) is 62.4 Å². The Hall–Kier alpha value is -2.37. The van der Waals surface area contributed by atoms with Crippen molar-refractivity contribution in [1.29, 1.82) is 0 Å². The smallest absolute Gasteiger partial charge is 0.238 e. The first-order valence-electron chi connectivity index (χ1n) is 11.4. The molecule has 0 aromatic heterocycles. The summed E-state index contributed by atoms with van der Waals surface area (Å²) in [6.07, 6.45) is 4.77. The number of methoxy groups -OCH3 is 1. The summed E-state index contributed by atoms with van der Waals surface area (Å²) in [6.45, 7) is 5.10. The molecule has 1 amide bonds. The number of nitrogens with one attached hydrogen (secondary N) is 1. The van der Waals surface area contributed by atoms with Crippen LogP contribution in [0.1, 0.15) is 54.8 Å². The Morgan fingerprint density at radius 2 is 1.94 bits per heavy atom. The summed E-state index contributed by atoms with van der Waals surface area (Å²) in [5.41, 5.74) is 3.62. The highest BCUT2D eigenvalue weighted by Crippen LogP contribution is 2.49. The van der Waals surface area contributed by atoms with E-state index in [-0.39, 0.29) is 17.9 Å². The number of carbonyl (C=O) groups excluding carboxylic acids is 1. The van der Waals surface area contributed by atoms with Crippen LogP contribution < -0.4 is 10.1 Å². The quantitative estimate of drug-likeness (QED) is 0.738. The lowest BCUT2D eigenvalue weighted by atomic mass is 9.66. The van der Waals surface area contributed by atoms with Crippen LogP contribution in [0.5, 0.6) is 5.75 Å². The number of aryl methyl sites for hydroxylation is 2. The first-order valence-corrected chi connectivity index (χ1v) is 11.4. The lowest BCUT2D eigenvalue weighted by Gasteiger charge is -2.52. The molecule has 1 aliphatic carbocycles. The second kappa shape index (κ2) is 9.01. The van der Waals surface area contributed by atoms with E-state index in [1.54, 1.807) is 7.11 Å². The zero-order chi connectivity index (χ0) is 22.0. The maximum Gasteiger partial charge on any atom is 0.238 e. The van der Waals surface area contributed by atoms with E-state index in [1.807, 2.05) is 31.2 Å². The van der Waals surface area contributed by atoms with Crippen LogP contribution in [0.3, 0.4) is 0 Å². The first-order chi connectivity index (χ1) is 14.9. The first kappa shape index (κ1) is 21.8. The molecule has 1 saturated heterocycles. The van der Waals surface area contributed by atoms with Crippen LogP contribution in [0.25, 0.3) is 0 Å². The van der Waals surface area contributed by atoms with Gasteiger partial charge in [0.25, 0.3) is 0 Å². The van der Waals surface area contributed by atoms with E-state index in [9.17, 15) is 9.90 Å². The van der Waals surface area contributed by atoms with E-state index in [4.69, 9.17) is 4.74 Å². The fraction of sp³-hybridized carbons (Fsp3) is 0.500. The molecule has 4 rings (SSSR count). The topological polar surface area (TPSA) is 61.8 Å². The molecular formula is C26H34N2O3. The number of amides is 1. The molecule has 5 heteroatoms. The molecule has 5 nitrogen and oxygen atoms in total. The Morgan fingerprint density at radius 1 is 1.16 bits per heavy atom. The third kappa shape index (κ3) is 4.63. The zero-order valence-corrected chi connectivity index (χ0v) is 18.9. The van der Waals surface area contributed by atoms with Crippen LogP contribution in [0.2, 0.25) is 0 Å². The van der Waals surface area contributed by atoms with Crippen molar-refractivity contribution in [2.75, 3.05) is 25.5 Å². The second-order valence-electron chi connectivity index (χ2n) is 9.26. The molecule has 2 fully saturated rings. The molecule has 2 aromatic carbocycles. The molecule has 0 spiro atoms. The highest BCUT2D eigenvalue weighted by Gasteiger charge is 2.49. The molecule has 3 atom stereocenters. The number of piperidine rings is 1. The third-order valence-electron chi connectivity index (χ3n) is 7.13. The van der Waals surface area contributed by atoms with Gasteiger partial charge in [0.2, 0.25) is 5.91 Å². The van der Waals surface area contributed by atoms with Crippen molar-refractivity contribution in [2.45, 2.75) is 57.6 Å². The minimum absolute atomic E-state index is 0.00767. The summed E-state index contributed by atoms with van der Waals surface area (Å²) in [5.74, 6) is 0.946. The van der Waals surface area contributed by atoms with Crippen molar-refractivity contribution >= 4 is 11.6 Å². The number of fused-ring (bicyclic) bond motifs is 1. The number of aliphatic hydroxyl groups is 1. The summed E-state index contributed by atoms with van der Waals surface area (Å²) in [7, 11) is 1.67. The van der Waals surface area contributed by atoms with Gasteiger partial charge in [0.05, 0.1) is 19.3 Å². The van der Waals surface area contributed by atoms with Crippen LogP contribution in [-0.2, 0) is 4.79 Å². The number of carbonyl (C=O) groups is 1. The van der Waals surface area contributed by atoms with Crippen LogP contribution in [0, 0.1) is 19.8 Å². The highest BCUT2D eigenvalue weighted by atomic mass is 16.5. The normalized spacial score (nSPS) is 26.2. The molecule has 2 N–H and O–H groups in total. The Morgan fingerprint density at radius 3 is 2.65 bits per heavy atom. The lowest BCUT2D eigenvalue weighted by Crippen LogP contribution is -2.56. The van der Waals surface area contributed by atoms with E-state index in [0.29, 0.717) is 13.1 Å². The maximum absolute atomic E-state index is 13.0. The van der Waals surface area contributed by atoms with Gasteiger partial charge in [-0.1, -0.05) is 42.7 Å². The van der Waals surface area contributed by atoms with Crippen LogP contribution in [0.15, 0.2) is 42.5 Å². The van der Waals surface area contributed by atoms with E-state index in [0.717, 1.165) is 54.7 Å². The number of rotatable bonds is 5. The van der Waals surface area contributed by atoms with Crippen molar-refractivity contribution in [1.82, 2.24) is 4.90 Å². The molecular weight excluding hydrogens is 388 g/mol. The van der Waals surface area contributed by atoms with Crippen LogP contribution in [0.4, 0.5) is 5.69 Å². The van der Waals surface area contributed by atoms with Gasteiger partial charge in [-0.25, -0.2) is 0 Å². The largest absolute Gasteiger partial charge is 0.497 e. The summed E-state index contributed by atoms with van der Waals surface area (Å²) in [6, 6.07) is 14.2. The molecule has 1 saturated carbocycles. The SMILES string of the molecule is COc1ccc([C@H]2[C@H]3CCCC[C@]3(O)CCN2CC(=O)Nc2ccc(C)cc2C)cc1. The standard InChI is InChI=1S/C26H34N2O3/c1-18-7-12-23(19(2)16-18)27-24(29)17-28-15-14-26(30)13-5-4-6-22(26)25(28)20-8-10-21(31-3)11-9-20/h7-12,16,22,25,30H,4-6,13-15,17H2,1-3H3,(H,27,29)/t22-,25+,26+/m1/s1. The summed E-state index contributed by atoms with van der Waals surface area (Å²) < 4.78 is 5.33. The Bertz CT molecular complexity index is 927. The molecule has 0 radical (unpaired) electrons. The van der Waals surface area contributed by atoms with Gasteiger partial charge < -0.3 is 15.2 Å². The van der Waals surface area contributed by atoms with E-state index in [2.05, 4.69) is 35.3 Å². The van der Waals surface area contributed by atoms with E-state index < -0.39 is 5.60 Å². The van der Waals surface area contributed by atoms with Crippen LogP contribution >= 0.6 is 0 Å². The second-order valence-corrected chi connectivity index (χ2v) is 9.26. The molecule has 166 valence electrons. The van der Waals surface area contributed by atoms with E-state index >= 15 is 0 Å². The van der Waals surface area contributed by atoms with Crippen molar-refractivity contribution in [2.24, 2.45) is 5.92 Å². The monoisotopic (exact) mass is 422 g/mol. The maximum atomic E-state index is 13.0. The van der Waals surface area contributed by atoms with Gasteiger partial charge in [0.1, 0.15) is 5.75 Å². The fourth-order valence-electron chi connectivity index (χ4n) is 5.49. The van der Waals surface area contributed by atoms with Gasteiger partial charge in [0, 0.05) is 24.2 Å². The molecule has 31 heavy (non-hydrogen) atoms. The summed E-state index contributed by atoms with van der Waals surface area (Å²) in [4.78, 5) is 15.3. The van der Waals surface area contributed by atoms with Crippen molar-refractivity contribution in [3.8, 4) is 5.75 Å². The minimum Gasteiger partial charge on any atom is -0.497 e. The number of benzene rings is 2. The molecule has 0 unspecified atom stereocenters. The number of nitrogens with zero attached hydrogens (tertiary/aromatic N) is 1. The third-order valence-corrected chi connectivity index (χ3v) is 7.13. The predicted octanol–water partition coefficient (Wildman–Crippen LogP) is 4.62. The van der Waals surface area contributed by atoms with Crippen molar-refractivity contribution in [3.05, 3.63) is 59.2 Å².